The number of aromatic nitrogens is 3. The van der Waals surface area contributed by atoms with Crippen LogP contribution in [0.4, 0.5) is 11.6 Å². The molecular weight excluding hydrogens is 238 g/mol. The second-order valence-corrected chi connectivity index (χ2v) is 4.40. The third-order valence-electron chi connectivity index (χ3n) is 2.77. The quantitative estimate of drug-likeness (QED) is 0.860. The summed E-state index contributed by atoms with van der Waals surface area (Å²) in [4.78, 5) is 14.6. The molecule has 0 amide bonds. The molecule has 0 aliphatic carbocycles. The lowest BCUT2D eigenvalue weighted by molar-refractivity contribution is 0.886. The van der Waals surface area contributed by atoms with E-state index in [-0.39, 0.29) is 0 Å². The molecule has 0 saturated carbocycles. The van der Waals surface area contributed by atoms with Crippen molar-refractivity contribution in [3.63, 3.8) is 0 Å². The van der Waals surface area contributed by atoms with E-state index in [1.54, 1.807) is 18.7 Å². The molecule has 1 N–H and O–H groups in total. The topological polar surface area (TPSA) is 53.9 Å². The van der Waals surface area contributed by atoms with Gasteiger partial charge in [-0.25, -0.2) is 9.97 Å². The van der Waals surface area contributed by atoms with Crippen LogP contribution in [0.5, 0.6) is 0 Å². The fraction of sp³-hybridized carbons (Fsp3) is 0.357. The summed E-state index contributed by atoms with van der Waals surface area (Å²) in [6, 6.07) is 5.98. The molecule has 2 heterocycles. The van der Waals surface area contributed by atoms with Crippen LogP contribution in [0.3, 0.4) is 0 Å². The molecular formula is C14H19N5. The summed E-state index contributed by atoms with van der Waals surface area (Å²) in [6.45, 7) is 3.85. The van der Waals surface area contributed by atoms with Gasteiger partial charge in [0.25, 0.3) is 0 Å². The van der Waals surface area contributed by atoms with E-state index < -0.39 is 0 Å². The maximum absolute atomic E-state index is 4.30. The lowest BCUT2D eigenvalue weighted by atomic mass is 10.2. The van der Waals surface area contributed by atoms with E-state index in [0.29, 0.717) is 0 Å². The van der Waals surface area contributed by atoms with Crippen LogP contribution in [0.1, 0.15) is 18.9 Å². The predicted molar refractivity (Wildman–Crippen MR) is 77.2 cm³/mol. The summed E-state index contributed by atoms with van der Waals surface area (Å²) in [5.74, 6) is 1.78. The minimum atomic E-state index is 0.798. The lowest BCUT2D eigenvalue weighted by Crippen LogP contribution is -2.18. The van der Waals surface area contributed by atoms with E-state index >= 15 is 0 Å². The number of hydrogen-bond acceptors (Lipinski definition) is 5. The second kappa shape index (κ2) is 6.68. The highest BCUT2D eigenvalue weighted by Crippen LogP contribution is 2.14. The summed E-state index contributed by atoms with van der Waals surface area (Å²) in [6.07, 6.45) is 6.28. The molecule has 2 aromatic rings. The molecule has 0 fully saturated rings. The molecule has 5 heteroatoms. The van der Waals surface area contributed by atoms with Crippen LogP contribution >= 0.6 is 0 Å². The standard InChI is InChI=1S/C14H19N5/c1-3-6-16-13-9-14(18-11-17-13)19(2)10-12-4-7-15-8-5-12/h4-5,7-9,11H,3,6,10H2,1-2H3,(H,16,17,18). The van der Waals surface area contributed by atoms with Crippen molar-refractivity contribution in [1.82, 2.24) is 15.0 Å². The number of anilines is 2. The van der Waals surface area contributed by atoms with Gasteiger partial charge in [0.15, 0.2) is 0 Å². The molecule has 0 aliphatic rings. The number of nitrogens with one attached hydrogen (secondary N) is 1. The van der Waals surface area contributed by atoms with E-state index in [1.165, 1.54) is 5.56 Å². The van der Waals surface area contributed by atoms with Crippen molar-refractivity contribution in [2.75, 3.05) is 23.8 Å². The summed E-state index contributed by atoms with van der Waals surface area (Å²) in [7, 11) is 2.02. The van der Waals surface area contributed by atoms with Gasteiger partial charge in [-0.3, -0.25) is 4.98 Å². The Morgan fingerprint density at radius 1 is 1.21 bits per heavy atom. The van der Waals surface area contributed by atoms with Crippen LogP contribution in [-0.4, -0.2) is 28.5 Å². The smallest absolute Gasteiger partial charge is 0.134 e. The zero-order valence-corrected chi connectivity index (χ0v) is 11.4. The third kappa shape index (κ3) is 3.91. The molecule has 5 nitrogen and oxygen atoms in total. The van der Waals surface area contributed by atoms with E-state index in [4.69, 9.17) is 0 Å². The van der Waals surface area contributed by atoms with Gasteiger partial charge in [-0.1, -0.05) is 6.92 Å². The van der Waals surface area contributed by atoms with E-state index in [0.717, 1.165) is 31.1 Å². The third-order valence-corrected chi connectivity index (χ3v) is 2.77. The van der Waals surface area contributed by atoms with Gasteiger partial charge in [-0.05, 0) is 24.1 Å². The molecule has 0 aromatic carbocycles. The number of rotatable bonds is 6. The molecule has 0 saturated heterocycles. The molecule has 19 heavy (non-hydrogen) atoms. The fourth-order valence-corrected chi connectivity index (χ4v) is 1.75. The SMILES string of the molecule is CCCNc1cc(N(C)Cc2ccncc2)ncn1. The first kappa shape index (κ1) is 13.3. The highest BCUT2D eigenvalue weighted by molar-refractivity contribution is 5.48. The Kier molecular flexibility index (Phi) is 4.66. The van der Waals surface area contributed by atoms with Crippen molar-refractivity contribution in [3.05, 3.63) is 42.5 Å². The monoisotopic (exact) mass is 257 g/mol. The minimum Gasteiger partial charge on any atom is -0.370 e. The molecule has 2 rings (SSSR count). The molecule has 0 spiro atoms. The molecule has 0 aliphatic heterocycles. The predicted octanol–water partition coefficient (Wildman–Crippen LogP) is 2.33. The van der Waals surface area contributed by atoms with Gasteiger partial charge in [-0.2, -0.15) is 0 Å². The fourth-order valence-electron chi connectivity index (χ4n) is 1.75. The number of hydrogen-bond donors (Lipinski definition) is 1. The maximum Gasteiger partial charge on any atom is 0.134 e. The van der Waals surface area contributed by atoms with Crippen LogP contribution in [0.25, 0.3) is 0 Å². The largest absolute Gasteiger partial charge is 0.370 e. The van der Waals surface area contributed by atoms with Crippen LogP contribution in [0.2, 0.25) is 0 Å². The van der Waals surface area contributed by atoms with Crippen molar-refractivity contribution in [1.29, 1.82) is 0 Å². The second-order valence-electron chi connectivity index (χ2n) is 4.40. The van der Waals surface area contributed by atoms with Gasteiger partial charge in [0.05, 0.1) is 0 Å². The molecule has 2 aromatic heterocycles. The van der Waals surface area contributed by atoms with Crippen molar-refractivity contribution in [2.45, 2.75) is 19.9 Å². The Hall–Kier alpha value is -2.17. The Labute approximate surface area is 113 Å². The Bertz CT molecular complexity index is 500. The van der Waals surface area contributed by atoms with E-state index in [1.807, 2.05) is 25.2 Å². The molecule has 100 valence electrons. The average molecular weight is 257 g/mol. The highest BCUT2D eigenvalue weighted by atomic mass is 15.2. The van der Waals surface area contributed by atoms with Crippen LogP contribution < -0.4 is 10.2 Å². The van der Waals surface area contributed by atoms with Crippen molar-refractivity contribution in [2.24, 2.45) is 0 Å². The summed E-state index contributed by atoms with van der Waals surface area (Å²) in [5, 5.41) is 3.27. The summed E-state index contributed by atoms with van der Waals surface area (Å²) < 4.78 is 0. The Morgan fingerprint density at radius 3 is 2.74 bits per heavy atom. The van der Waals surface area contributed by atoms with Gasteiger partial charge in [0, 0.05) is 38.6 Å². The van der Waals surface area contributed by atoms with E-state index in [9.17, 15) is 0 Å². The highest BCUT2D eigenvalue weighted by Gasteiger charge is 2.05. The van der Waals surface area contributed by atoms with Crippen molar-refractivity contribution in [3.8, 4) is 0 Å². The average Bonchev–Trinajstić information content (AvgIpc) is 2.46. The Morgan fingerprint density at radius 2 is 2.00 bits per heavy atom. The van der Waals surface area contributed by atoms with Gasteiger partial charge in [0.1, 0.15) is 18.0 Å². The van der Waals surface area contributed by atoms with Crippen molar-refractivity contribution >= 4 is 11.6 Å². The van der Waals surface area contributed by atoms with Gasteiger partial charge in [0.2, 0.25) is 0 Å². The molecule has 0 radical (unpaired) electrons. The van der Waals surface area contributed by atoms with Crippen LogP contribution in [0, 0.1) is 0 Å². The number of nitrogens with zero attached hydrogens (tertiary/aromatic N) is 4. The van der Waals surface area contributed by atoms with Crippen LogP contribution in [0.15, 0.2) is 36.9 Å². The maximum atomic E-state index is 4.30. The lowest BCUT2D eigenvalue weighted by Gasteiger charge is -2.18. The van der Waals surface area contributed by atoms with Gasteiger partial charge >= 0.3 is 0 Å². The zero-order chi connectivity index (χ0) is 13.5. The summed E-state index contributed by atoms with van der Waals surface area (Å²) >= 11 is 0. The first-order chi connectivity index (χ1) is 9.29. The van der Waals surface area contributed by atoms with E-state index in [2.05, 4.69) is 32.1 Å². The number of pyridine rings is 1. The zero-order valence-electron chi connectivity index (χ0n) is 11.4. The Balaban J connectivity index is 2.04. The molecule has 0 unspecified atom stereocenters. The van der Waals surface area contributed by atoms with Crippen molar-refractivity contribution < 1.29 is 0 Å². The first-order valence-electron chi connectivity index (χ1n) is 6.45. The summed E-state index contributed by atoms with van der Waals surface area (Å²) in [5.41, 5.74) is 1.21. The van der Waals surface area contributed by atoms with Crippen LogP contribution in [-0.2, 0) is 6.54 Å². The van der Waals surface area contributed by atoms with Gasteiger partial charge in [-0.15, -0.1) is 0 Å². The molecule has 0 atom stereocenters. The van der Waals surface area contributed by atoms with Gasteiger partial charge < -0.3 is 10.2 Å². The first-order valence-corrected chi connectivity index (χ1v) is 6.45. The normalized spacial score (nSPS) is 10.2. The molecule has 0 bridgehead atoms. The minimum absolute atomic E-state index is 0.798.